The van der Waals surface area contributed by atoms with E-state index in [4.69, 9.17) is 29.5 Å². The van der Waals surface area contributed by atoms with Crippen LogP contribution in [0.3, 0.4) is 0 Å². The Balaban J connectivity index is 0.000000558. The van der Waals surface area contributed by atoms with E-state index in [1.807, 2.05) is 67.5 Å². The van der Waals surface area contributed by atoms with Gasteiger partial charge in [-0.1, -0.05) is 36.4 Å². The van der Waals surface area contributed by atoms with Crippen molar-refractivity contribution in [1.82, 2.24) is 0 Å². The van der Waals surface area contributed by atoms with E-state index >= 15 is 0 Å². The molecule has 128 valence electrons. The highest BCUT2D eigenvalue weighted by Gasteiger charge is 2.14. The maximum absolute atomic E-state index is 8.81. The zero-order valence-corrected chi connectivity index (χ0v) is 13.7. The van der Waals surface area contributed by atoms with Crippen LogP contribution in [0.5, 0.6) is 11.5 Å². The van der Waals surface area contributed by atoms with Crippen LogP contribution >= 0.6 is 0 Å². The fourth-order valence-corrected chi connectivity index (χ4v) is 1.41. The molecule has 0 saturated carbocycles. The van der Waals surface area contributed by atoms with E-state index in [9.17, 15) is 0 Å². The molecule has 0 saturated heterocycles. The number of rotatable bonds is 4. The first-order valence-electron chi connectivity index (χ1n) is 6.90. The maximum atomic E-state index is 8.81. The summed E-state index contributed by atoms with van der Waals surface area (Å²) in [6.45, 7) is 1.88. The molecule has 24 heavy (non-hydrogen) atoms. The number of hydrogen-bond donors (Lipinski definition) is 0. The minimum atomic E-state index is -0.500. The van der Waals surface area contributed by atoms with Crippen molar-refractivity contribution in [3.05, 3.63) is 80.9 Å². The molecule has 0 atom stereocenters. The summed E-state index contributed by atoms with van der Waals surface area (Å²) in [5.41, 5.74) is 0. The second-order valence-electron chi connectivity index (χ2n) is 4.31. The number of nitro groups is 2. The molecule has 0 aliphatic heterocycles. The molecule has 0 spiro atoms. The predicted molar refractivity (Wildman–Crippen MR) is 91.6 cm³/mol. The van der Waals surface area contributed by atoms with Gasteiger partial charge in [-0.3, -0.25) is 20.2 Å². The quantitative estimate of drug-likeness (QED) is 0.483. The monoisotopic (exact) mass is 334 g/mol. The topological polar surface area (TPSA) is 105 Å². The van der Waals surface area contributed by atoms with Gasteiger partial charge in [-0.05, 0) is 31.1 Å². The predicted octanol–water partition coefficient (Wildman–Crippen LogP) is 3.05. The van der Waals surface area contributed by atoms with Gasteiger partial charge in [0.15, 0.2) is 14.1 Å². The Morgan fingerprint density at radius 1 is 0.750 bits per heavy atom. The van der Waals surface area contributed by atoms with Gasteiger partial charge in [0.05, 0.1) is 0 Å². The molecule has 0 bridgehead atoms. The van der Waals surface area contributed by atoms with E-state index in [2.05, 4.69) is 0 Å². The van der Waals surface area contributed by atoms with Crippen molar-refractivity contribution < 1.29 is 19.2 Å². The summed E-state index contributed by atoms with van der Waals surface area (Å²) in [4.78, 5) is 16.6. The molecule has 0 aliphatic carbocycles. The van der Waals surface area contributed by atoms with Crippen LogP contribution in [0.2, 0.25) is 6.82 Å². The van der Waals surface area contributed by atoms with E-state index in [-0.39, 0.29) is 7.12 Å². The molecule has 0 N–H and O–H groups in total. The zero-order chi connectivity index (χ0) is 18.4. The Bertz CT molecular complexity index is 536. The maximum Gasteiger partial charge on any atom is 0.591 e. The Kier molecular flexibility index (Phi) is 10.8. The minimum absolute atomic E-state index is 0.301. The van der Waals surface area contributed by atoms with Crippen molar-refractivity contribution in [2.75, 3.05) is 14.1 Å². The molecule has 2 aromatic carbocycles. The molecule has 0 radical (unpaired) electrons. The third kappa shape index (κ3) is 13.9. The number of nitrogens with zero attached hydrogens (tertiary/aromatic N) is 2. The van der Waals surface area contributed by atoms with Crippen molar-refractivity contribution >= 4 is 7.12 Å². The summed E-state index contributed by atoms with van der Waals surface area (Å²) in [7, 11) is 1.48. The summed E-state index contributed by atoms with van der Waals surface area (Å²) in [6, 6.07) is 19.3. The Morgan fingerprint density at radius 3 is 1.25 bits per heavy atom. The average Bonchev–Trinajstić information content (AvgIpc) is 2.48. The molecular formula is C15H19BN2O6. The molecule has 0 fully saturated rings. The van der Waals surface area contributed by atoms with E-state index in [0.717, 1.165) is 25.6 Å². The van der Waals surface area contributed by atoms with Crippen LogP contribution in [0.1, 0.15) is 0 Å². The second kappa shape index (κ2) is 12.4. The molecule has 2 rings (SSSR count). The standard InChI is InChI=1S/C13H13BO2.2CH3NO2/c1-14(15-12-8-4-2-5-9-12)16-13-10-6-3-7-11-13;2*1-2(3)4/h2-11H,1H3;2*1H3. The highest BCUT2D eigenvalue weighted by molar-refractivity contribution is 6.44. The van der Waals surface area contributed by atoms with Gasteiger partial charge in [0.25, 0.3) is 0 Å². The third-order valence-electron chi connectivity index (χ3n) is 2.09. The van der Waals surface area contributed by atoms with Crippen LogP contribution in [-0.4, -0.2) is 31.1 Å². The van der Waals surface area contributed by atoms with Crippen LogP contribution in [-0.2, 0) is 0 Å². The first kappa shape index (κ1) is 20.9. The number of para-hydroxylation sites is 2. The molecule has 0 heterocycles. The van der Waals surface area contributed by atoms with Crippen molar-refractivity contribution in [2.24, 2.45) is 0 Å². The van der Waals surface area contributed by atoms with Gasteiger partial charge >= 0.3 is 7.12 Å². The summed E-state index contributed by atoms with van der Waals surface area (Å²) in [5, 5.41) is 17.6. The van der Waals surface area contributed by atoms with Crippen molar-refractivity contribution in [3.8, 4) is 11.5 Å². The van der Waals surface area contributed by atoms with Gasteiger partial charge in [0.2, 0.25) is 0 Å². The van der Waals surface area contributed by atoms with Crippen molar-refractivity contribution in [3.63, 3.8) is 0 Å². The molecule has 0 aliphatic rings. The molecule has 8 nitrogen and oxygen atoms in total. The van der Waals surface area contributed by atoms with E-state index < -0.39 is 9.85 Å². The SMILES string of the molecule is CB(Oc1ccccc1)Oc1ccccc1.C[N+](=O)[O-].C[N+](=O)[O-]. The summed E-state index contributed by atoms with van der Waals surface area (Å²) in [6.07, 6.45) is 0. The second-order valence-corrected chi connectivity index (χ2v) is 4.31. The lowest BCUT2D eigenvalue weighted by molar-refractivity contribution is -0.445. The highest BCUT2D eigenvalue weighted by Crippen LogP contribution is 2.13. The molecule has 0 amide bonds. The lowest BCUT2D eigenvalue weighted by atomic mass is 9.95. The largest absolute Gasteiger partial charge is 0.591 e. The lowest BCUT2D eigenvalue weighted by Crippen LogP contribution is -2.25. The molecule has 0 unspecified atom stereocenters. The fraction of sp³-hybridized carbons (Fsp3) is 0.200. The van der Waals surface area contributed by atoms with Gasteiger partial charge in [-0.2, -0.15) is 0 Å². The van der Waals surface area contributed by atoms with Crippen molar-refractivity contribution in [1.29, 1.82) is 0 Å². The lowest BCUT2D eigenvalue weighted by Gasteiger charge is -2.12. The van der Waals surface area contributed by atoms with Crippen LogP contribution in [0.25, 0.3) is 0 Å². The Labute approximate surface area is 140 Å². The molecule has 2 aromatic rings. The molecular weight excluding hydrogens is 315 g/mol. The summed E-state index contributed by atoms with van der Waals surface area (Å²) in [5.74, 6) is 1.62. The Hall–Kier alpha value is -3.10. The van der Waals surface area contributed by atoms with Gasteiger partial charge in [-0.15, -0.1) is 0 Å². The van der Waals surface area contributed by atoms with E-state index in [0.29, 0.717) is 0 Å². The summed E-state index contributed by atoms with van der Waals surface area (Å²) < 4.78 is 11.2. The van der Waals surface area contributed by atoms with Gasteiger partial charge in [-0.25, -0.2) is 0 Å². The van der Waals surface area contributed by atoms with Gasteiger partial charge < -0.3 is 9.31 Å². The number of hydrogen-bond acceptors (Lipinski definition) is 6. The average molecular weight is 334 g/mol. The fourth-order valence-electron chi connectivity index (χ4n) is 1.41. The van der Waals surface area contributed by atoms with Crippen LogP contribution in [0, 0.1) is 20.2 Å². The van der Waals surface area contributed by atoms with Crippen LogP contribution < -0.4 is 9.31 Å². The molecule has 9 heteroatoms. The van der Waals surface area contributed by atoms with Crippen LogP contribution in [0.15, 0.2) is 60.7 Å². The van der Waals surface area contributed by atoms with Gasteiger partial charge in [0, 0.05) is 9.85 Å². The zero-order valence-electron chi connectivity index (χ0n) is 13.7. The van der Waals surface area contributed by atoms with E-state index in [1.54, 1.807) is 0 Å². The first-order valence-corrected chi connectivity index (χ1v) is 6.90. The third-order valence-corrected chi connectivity index (χ3v) is 2.09. The van der Waals surface area contributed by atoms with Gasteiger partial charge in [0.1, 0.15) is 11.5 Å². The number of benzene rings is 2. The van der Waals surface area contributed by atoms with E-state index in [1.165, 1.54) is 0 Å². The normalized spacial score (nSPS) is 8.46. The van der Waals surface area contributed by atoms with Crippen molar-refractivity contribution in [2.45, 2.75) is 6.82 Å². The smallest absolute Gasteiger partial charge is 0.526 e. The minimum Gasteiger partial charge on any atom is -0.526 e. The highest BCUT2D eigenvalue weighted by atomic mass is 16.6. The summed E-state index contributed by atoms with van der Waals surface area (Å²) >= 11 is 0. The van der Waals surface area contributed by atoms with Crippen LogP contribution in [0.4, 0.5) is 0 Å². The first-order chi connectivity index (χ1) is 11.3. The Morgan fingerprint density at radius 2 is 1.00 bits per heavy atom. The molecule has 0 aromatic heterocycles.